The van der Waals surface area contributed by atoms with E-state index < -0.39 is 22.7 Å². The van der Waals surface area contributed by atoms with Crippen LogP contribution < -0.4 is 0 Å². The first-order valence-electron chi connectivity index (χ1n) is 8.77. The smallest absolute Gasteiger partial charge is 0.315 e. The van der Waals surface area contributed by atoms with Crippen molar-refractivity contribution in [1.82, 2.24) is 10.2 Å². The Labute approximate surface area is 161 Å². The summed E-state index contributed by atoms with van der Waals surface area (Å²) in [5.41, 5.74) is 2.21. The number of rotatable bonds is 5. The summed E-state index contributed by atoms with van der Waals surface area (Å²) in [6.45, 7) is 7.03. The second-order valence-corrected chi connectivity index (χ2v) is 6.79. The average Bonchev–Trinajstić information content (AvgIpc) is 3.14. The highest BCUT2D eigenvalue weighted by Crippen LogP contribution is 2.44. The molecule has 28 heavy (non-hydrogen) atoms. The van der Waals surface area contributed by atoms with Crippen molar-refractivity contribution in [3.8, 4) is 0 Å². The molecule has 1 aromatic carbocycles. The second kappa shape index (κ2) is 7.71. The maximum atomic E-state index is 12.9. The number of carbonyl (C=O) groups is 1. The third kappa shape index (κ3) is 3.68. The van der Waals surface area contributed by atoms with Gasteiger partial charge in [0.15, 0.2) is 0 Å². The number of carbonyl (C=O) groups excluding carboxylic acids is 1. The number of benzene rings is 1. The van der Waals surface area contributed by atoms with Crippen LogP contribution in [0, 0.1) is 16.0 Å². The number of esters is 1. The van der Waals surface area contributed by atoms with Gasteiger partial charge >= 0.3 is 5.97 Å². The van der Waals surface area contributed by atoms with E-state index >= 15 is 0 Å². The highest BCUT2D eigenvalue weighted by molar-refractivity contribution is 6.06. The van der Waals surface area contributed by atoms with Crippen molar-refractivity contribution in [2.45, 2.75) is 39.7 Å². The Hall–Kier alpha value is -3.36. The van der Waals surface area contributed by atoms with Gasteiger partial charge in [0.2, 0.25) is 12.3 Å². The molecule has 0 N–H and O–H groups in total. The molecule has 146 valence electrons. The van der Waals surface area contributed by atoms with Crippen molar-refractivity contribution in [1.29, 1.82) is 0 Å². The zero-order valence-electron chi connectivity index (χ0n) is 15.9. The number of hydrogen-bond donors (Lipinski definition) is 0. The minimum atomic E-state index is -0.769. The Morgan fingerprint density at radius 1 is 1.32 bits per heavy atom. The van der Waals surface area contributed by atoms with E-state index in [0.29, 0.717) is 22.5 Å². The predicted octanol–water partition coefficient (Wildman–Crippen LogP) is 3.53. The van der Waals surface area contributed by atoms with Crippen LogP contribution in [0.1, 0.15) is 45.1 Å². The highest BCUT2D eigenvalue weighted by atomic mass is 16.6. The third-order valence-corrected chi connectivity index (χ3v) is 4.46. The van der Waals surface area contributed by atoms with Crippen LogP contribution in [0.5, 0.6) is 0 Å². The molecule has 0 spiro atoms. The Morgan fingerprint density at radius 2 is 2.07 bits per heavy atom. The van der Waals surface area contributed by atoms with E-state index in [4.69, 9.17) is 9.15 Å². The normalized spacial score (nSPS) is 19.5. The number of aromatic nitrogens is 2. The Bertz CT molecular complexity index is 962. The largest absolute Gasteiger partial charge is 0.462 e. The van der Waals surface area contributed by atoms with Gasteiger partial charge in [-0.25, -0.2) is 0 Å². The molecule has 2 heterocycles. The summed E-state index contributed by atoms with van der Waals surface area (Å²) in [4.78, 5) is 28.2. The summed E-state index contributed by atoms with van der Waals surface area (Å²) < 4.78 is 10.8. The number of nitrogens with zero attached hydrogens (tertiary/aromatic N) is 4. The van der Waals surface area contributed by atoms with E-state index in [2.05, 4.69) is 15.2 Å². The lowest BCUT2D eigenvalue weighted by atomic mass is 9.75. The molecular formula is C19H20N4O5. The fraction of sp³-hybridized carbons (Fsp3) is 0.368. The number of hydrogen-bond acceptors (Lipinski definition) is 8. The molecule has 0 saturated heterocycles. The summed E-state index contributed by atoms with van der Waals surface area (Å²) >= 11 is 0. The van der Waals surface area contributed by atoms with Crippen molar-refractivity contribution in [3.63, 3.8) is 0 Å². The molecule has 1 aliphatic rings. The summed E-state index contributed by atoms with van der Waals surface area (Å²) in [5.74, 6) is -1.62. The molecule has 3 rings (SSSR count). The van der Waals surface area contributed by atoms with Crippen molar-refractivity contribution >= 4 is 22.9 Å². The molecule has 1 aliphatic heterocycles. The van der Waals surface area contributed by atoms with Crippen LogP contribution in [0.3, 0.4) is 0 Å². The van der Waals surface area contributed by atoms with Gasteiger partial charge in [0, 0.05) is 35.0 Å². The van der Waals surface area contributed by atoms with Crippen LogP contribution in [0.25, 0.3) is 5.57 Å². The number of nitro groups is 1. The lowest BCUT2D eigenvalue weighted by Crippen LogP contribution is -2.35. The van der Waals surface area contributed by atoms with Crippen LogP contribution in [-0.2, 0) is 9.53 Å². The van der Waals surface area contributed by atoms with Crippen LogP contribution in [0.4, 0.5) is 5.69 Å². The summed E-state index contributed by atoms with van der Waals surface area (Å²) in [6, 6.07) is 6.16. The van der Waals surface area contributed by atoms with Crippen LogP contribution in [0.15, 0.2) is 45.8 Å². The lowest BCUT2D eigenvalue weighted by molar-refractivity contribution is -0.384. The van der Waals surface area contributed by atoms with E-state index in [0.717, 1.165) is 0 Å². The van der Waals surface area contributed by atoms with E-state index in [9.17, 15) is 14.9 Å². The van der Waals surface area contributed by atoms with Gasteiger partial charge in [0.1, 0.15) is 5.92 Å². The molecule has 0 aliphatic carbocycles. The first-order chi connectivity index (χ1) is 13.3. The van der Waals surface area contributed by atoms with Crippen LogP contribution >= 0.6 is 0 Å². The maximum absolute atomic E-state index is 12.9. The molecule has 1 aromatic heterocycles. The predicted molar refractivity (Wildman–Crippen MR) is 101 cm³/mol. The lowest BCUT2D eigenvalue weighted by Gasteiger charge is -2.31. The van der Waals surface area contributed by atoms with Gasteiger partial charge in [0.05, 0.1) is 11.0 Å². The number of allylic oxidation sites excluding steroid dienone is 2. The molecule has 2 aromatic rings. The van der Waals surface area contributed by atoms with Gasteiger partial charge < -0.3 is 9.15 Å². The number of ether oxygens (including phenoxy) is 1. The maximum Gasteiger partial charge on any atom is 0.315 e. The van der Waals surface area contributed by atoms with Crippen molar-refractivity contribution in [3.05, 3.63) is 57.9 Å². The van der Waals surface area contributed by atoms with Gasteiger partial charge in [0.25, 0.3) is 5.69 Å². The Morgan fingerprint density at radius 3 is 2.68 bits per heavy atom. The van der Waals surface area contributed by atoms with Gasteiger partial charge in [-0.05, 0) is 33.3 Å². The fourth-order valence-corrected chi connectivity index (χ4v) is 3.41. The molecular weight excluding hydrogens is 364 g/mol. The van der Waals surface area contributed by atoms with Gasteiger partial charge in [-0.15, -0.1) is 10.2 Å². The van der Waals surface area contributed by atoms with E-state index in [1.807, 2.05) is 0 Å². The summed E-state index contributed by atoms with van der Waals surface area (Å²) in [7, 11) is 0. The molecule has 2 atom stereocenters. The SMILES string of the molecule is CC1=NC(C)=C(c2nnco2)C(c2cccc([N+](=O)[O-])c2)C1C(=O)OC(C)C. The van der Waals surface area contributed by atoms with Crippen molar-refractivity contribution < 1.29 is 18.9 Å². The second-order valence-electron chi connectivity index (χ2n) is 6.79. The molecule has 0 amide bonds. The summed E-state index contributed by atoms with van der Waals surface area (Å²) in [6.07, 6.45) is 0.872. The van der Waals surface area contributed by atoms with Gasteiger partial charge in [-0.1, -0.05) is 12.1 Å². The quantitative estimate of drug-likeness (QED) is 0.439. The van der Waals surface area contributed by atoms with Crippen LogP contribution in [0.2, 0.25) is 0 Å². The fourth-order valence-electron chi connectivity index (χ4n) is 3.41. The van der Waals surface area contributed by atoms with E-state index in [1.54, 1.807) is 39.8 Å². The number of non-ortho nitro benzene ring substituents is 1. The third-order valence-electron chi connectivity index (χ3n) is 4.46. The zero-order chi connectivity index (χ0) is 20.4. The highest BCUT2D eigenvalue weighted by Gasteiger charge is 2.42. The summed E-state index contributed by atoms with van der Waals surface area (Å²) in [5, 5.41) is 19.0. The topological polar surface area (TPSA) is 121 Å². The first kappa shape index (κ1) is 19.4. The van der Waals surface area contributed by atoms with Crippen LogP contribution in [-0.4, -0.2) is 32.9 Å². The van der Waals surface area contributed by atoms with Gasteiger partial charge in [-0.2, -0.15) is 0 Å². The number of nitro benzene ring substituents is 1. The average molecular weight is 384 g/mol. The van der Waals surface area contributed by atoms with E-state index in [1.165, 1.54) is 18.5 Å². The zero-order valence-corrected chi connectivity index (χ0v) is 15.9. The molecule has 9 heteroatoms. The minimum Gasteiger partial charge on any atom is -0.462 e. The molecule has 0 radical (unpaired) electrons. The number of aliphatic imine (C=N–C) groups is 1. The molecule has 9 nitrogen and oxygen atoms in total. The van der Waals surface area contributed by atoms with Crippen molar-refractivity contribution in [2.75, 3.05) is 0 Å². The standard InChI is InChI=1S/C19H20N4O5/c1-10(2)28-19(24)16-12(4)21-11(3)15(18-22-20-9-27-18)17(16)13-6-5-7-14(8-13)23(25)26/h5-10,16-17H,1-4H3. The monoisotopic (exact) mass is 384 g/mol. The Kier molecular flexibility index (Phi) is 5.34. The first-order valence-corrected chi connectivity index (χ1v) is 8.77. The Balaban J connectivity index is 2.20. The molecule has 2 unspecified atom stereocenters. The molecule has 0 fully saturated rings. The minimum absolute atomic E-state index is 0.0730. The molecule has 0 bridgehead atoms. The van der Waals surface area contributed by atoms with E-state index in [-0.39, 0.29) is 17.7 Å². The molecule has 0 saturated carbocycles. The van der Waals surface area contributed by atoms with Crippen molar-refractivity contribution in [2.24, 2.45) is 10.9 Å². The van der Waals surface area contributed by atoms with Gasteiger partial charge in [-0.3, -0.25) is 19.9 Å².